The molecule has 0 spiro atoms. The molecule has 0 radical (unpaired) electrons. The summed E-state index contributed by atoms with van der Waals surface area (Å²) in [4.78, 5) is 21.2. The highest BCUT2D eigenvalue weighted by atomic mass is 32.1. The molecular weight excluding hydrogens is 178 g/mol. The van der Waals surface area contributed by atoms with Crippen molar-refractivity contribution in [1.29, 1.82) is 0 Å². The Bertz CT molecular complexity index is 318. The van der Waals surface area contributed by atoms with Gasteiger partial charge in [0.05, 0.1) is 5.00 Å². The number of thiophene rings is 1. The van der Waals surface area contributed by atoms with Crippen molar-refractivity contribution in [3.05, 3.63) is 17.0 Å². The number of rotatable bonds is 2. The minimum atomic E-state index is -0.975. The Kier molecular flexibility index (Phi) is 2.44. The summed E-state index contributed by atoms with van der Waals surface area (Å²) in [6.07, 6.45) is 0. The van der Waals surface area contributed by atoms with Crippen LogP contribution in [0.3, 0.4) is 0 Å². The van der Waals surface area contributed by atoms with Gasteiger partial charge in [0.2, 0.25) is 5.91 Å². The van der Waals surface area contributed by atoms with Gasteiger partial charge in [-0.2, -0.15) is 0 Å². The van der Waals surface area contributed by atoms with Gasteiger partial charge in [-0.15, -0.1) is 11.3 Å². The lowest BCUT2D eigenvalue weighted by Crippen LogP contribution is -2.03. The number of hydrogen-bond donors (Lipinski definition) is 2. The third kappa shape index (κ3) is 2.06. The van der Waals surface area contributed by atoms with Crippen molar-refractivity contribution in [3.63, 3.8) is 0 Å². The second-order valence-electron chi connectivity index (χ2n) is 2.15. The molecule has 4 nitrogen and oxygen atoms in total. The van der Waals surface area contributed by atoms with E-state index >= 15 is 0 Å². The lowest BCUT2D eigenvalue weighted by molar-refractivity contribution is -0.114. The molecule has 5 heteroatoms. The summed E-state index contributed by atoms with van der Waals surface area (Å²) in [5, 5.41) is 11.6. The van der Waals surface area contributed by atoms with Gasteiger partial charge in [-0.3, -0.25) is 4.79 Å². The first-order chi connectivity index (χ1) is 5.59. The van der Waals surface area contributed by atoms with E-state index in [0.717, 1.165) is 11.3 Å². The number of carbonyl (C=O) groups excluding carboxylic acids is 1. The molecule has 0 atom stereocenters. The zero-order chi connectivity index (χ0) is 9.14. The summed E-state index contributed by atoms with van der Waals surface area (Å²) < 4.78 is 0. The Morgan fingerprint density at radius 3 is 2.58 bits per heavy atom. The van der Waals surface area contributed by atoms with Gasteiger partial charge < -0.3 is 10.4 Å². The number of aromatic carboxylic acids is 1. The predicted molar refractivity (Wildman–Crippen MR) is 45.6 cm³/mol. The number of carboxylic acid groups (broad SMARTS) is 1. The van der Waals surface area contributed by atoms with Gasteiger partial charge in [-0.25, -0.2) is 4.79 Å². The lowest BCUT2D eigenvalue weighted by atomic mass is 10.5. The Labute approximate surface area is 72.8 Å². The molecule has 0 aromatic carbocycles. The molecule has 1 aromatic rings. The number of anilines is 1. The van der Waals surface area contributed by atoms with E-state index < -0.39 is 5.97 Å². The maximum Gasteiger partial charge on any atom is 0.345 e. The van der Waals surface area contributed by atoms with E-state index in [9.17, 15) is 9.59 Å². The minimum Gasteiger partial charge on any atom is -0.477 e. The normalized spacial score (nSPS) is 9.42. The zero-order valence-corrected chi connectivity index (χ0v) is 7.14. The second-order valence-corrected chi connectivity index (χ2v) is 3.23. The number of hydrogen-bond acceptors (Lipinski definition) is 3. The highest BCUT2D eigenvalue weighted by molar-refractivity contribution is 7.18. The summed E-state index contributed by atoms with van der Waals surface area (Å²) in [6.45, 7) is 1.38. The topological polar surface area (TPSA) is 66.4 Å². The van der Waals surface area contributed by atoms with E-state index in [1.807, 2.05) is 0 Å². The van der Waals surface area contributed by atoms with Crippen molar-refractivity contribution in [2.45, 2.75) is 6.92 Å². The van der Waals surface area contributed by atoms with E-state index in [1.54, 1.807) is 6.07 Å². The Morgan fingerprint density at radius 1 is 1.50 bits per heavy atom. The quantitative estimate of drug-likeness (QED) is 0.731. The molecule has 1 aromatic heterocycles. The number of carbonyl (C=O) groups is 2. The minimum absolute atomic E-state index is 0.200. The molecule has 0 saturated heterocycles. The van der Waals surface area contributed by atoms with E-state index in [1.165, 1.54) is 13.0 Å². The zero-order valence-electron chi connectivity index (χ0n) is 6.33. The van der Waals surface area contributed by atoms with E-state index in [-0.39, 0.29) is 10.8 Å². The van der Waals surface area contributed by atoms with Crippen LogP contribution in [0, 0.1) is 0 Å². The molecule has 12 heavy (non-hydrogen) atoms. The molecule has 2 N–H and O–H groups in total. The fraction of sp³-hybridized carbons (Fsp3) is 0.143. The number of amides is 1. The smallest absolute Gasteiger partial charge is 0.345 e. The largest absolute Gasteiger partial charge is 0.477 e. The molecule has 1 rings (SSSR count). The molecule has 0 fully saturated rings. The number of nitrogens with one attached hydrogen (secondary N) is 1. The van der Waals surface area contributed by atoms with Crippen molar-refractivity contribution in [1.82, 2.24) is 0 Å². The van der Waals surface area contributed by atoms with Crippen LogP contribution in [0.4, 0.5) is 5.00 Å². The fourth-order valence-electron chi connectivity index (χ4n) is 0.693. The summed E-state index contributed by atoms with van der Waals surface area (Å²) in [5.41, 5.74) is 0. The first kappa shape index (κ1) is 8.73. The third-order valence-electron chi connectivity index (χ3n) is 1.12. The van der Waals surface area contributed by atoms with Gasteiger partial charge in [0.25, 0.3) is 0 Å². The molecule has 1 amide bonds. The van der Waals surface area contributed by atoms with Crippen molar-refractivity contribution < 1.29 is 14.7 Å². The van der Waals surface area contributed by atoms with Crippen LogP contribution in [-0.2, 0) is 4.79 Å². The predicted octanol–water partition coefficient (Wildman–Crippen LogP) is 1.40. The molecule has 1 heterocycles. The van der Waals surface area contributed by atoms with Gasteiger partial charge in [-0.1, -0.05) is 0 Å². The van der Waals surface area contributed by atoms with Crippen molar-refractivity contribution in [2.24, 2.45) is 0 Å². The maximum atomic E-state index is 10.5. The van der Waals surface area contributed by atoms with Crippen LogP contribution >= 0.6 is 11.3 Å². The van der Waals surface area contributed by atoms with Crippen LogP contribution in [-0.4, -0.2) is 17.0 Å². The van der Waals surface area contributed by atoms with Gasteiger partial charge >= 0.3 is 5.97 Å². The first-order valence-corrected chi connectivity index (χ1v) is 4.02. The third-order valence-corrected chi connectivity index (χ3v) is 2.10. The van der Waals surface area contributed by atoms with Crippen LogP contribution in [0.5, 0.6) is 0 Å². The monoisotopic (exact) mass is 185 g/mol. The average Bonchev–Trinajstić information content (AvgIpc) is 2.34. The van der Waals surface area contributed by atoms with E-state index in [4.69, 9.17) is 5.11 Å². The van der Waals surface area contributed by atoms with E-state index in [2.05, 4.69) is 5.32 Å². The highest BCUT2D eigenvalue weighted by Gasteiger charge is 2.06. The van der Waals surface area contributed by atoms with Crippen molar-refractivity contribution >= 4 is 28.2 Å². The molecule has 0 aliphatic rings. The standard InChI is InChI=1S/C7H7NO3S/c1-4(9)8-6-3-2-5(12-6)7(10)11/h2-3H,1H3,(H,8,9)(H,10,11). The summed E-state index contributed by atoms with van der Waals surface area (Å²) in [7, 11) is 0. The molecule has 64 valence electrons. The van der Waals surface area contributed by atoms with E-state index in [0.29, 0.717) is 5.00 Å². The summed E-state index contributed by atoms with van der Waals surface area (Å²) >= 11 is 1.04. The average molecular weight is 185 g/mol. The molecular formula is C7H7NO3S. The molecule has 0 bridgehead atoms. The SMILES string of the molecule is CC(=O)Nc1ccc(C(=O)O)s1. The summed E-state index contributed by atoms with van der Waals surface area (Å²) in [6, 6.07) is 3.02. The Hall–Kier alpha value is -1.36. The fourth-order valence-corrected chi connectivity index (χ4v) is 1.48. The molecule has 0 saturated carbocycles. The second kappa shape index (κ2) is 3.36. The Morgan fingerprint density at radius 2 is 2.17 bits per heavy atom. The van der Waals surface area contributed by atoms with Crippen LogP contribution in [0.1, 0.15) is 16.6 Å². The van der Waals surface area contributed by atoms with Crippen LogP contribution in [0.15, 0.2) is 12.1 Å². The molecule has 0 aliphatic carbocycles. The number of carboxylic acids is 1. The van der Waals surface area contributed by atoms with Gasteiger partial charge in [0.1, 0.15) is 4.88 Å². The summed E-state index contributed by atoms with van der Waals surface area (Å²) in [5.74, 6) is -1.18. The van der Waals surface area contributed by atoms with Crippen LogP contribution in [0.2, 0.25) is 0 Å². The lowest BCUT2D eigenvalue weighted by Gasteiger charge is -1.93. The van der Waals surface area contributed by atoms with Gasteiger partial charge in [-0.05, 0) is 12.1 Å². The highest BCUT2D eigenvalue weighted by Crippen LogP contribution is 2.21. The van der Waals surface area contributed by atoms with Crippen LogP contribution in [0.25, 0.3) is 0 Å². The maximum absolute atomic E-state index is 10.5. The van der Waals surface area contributed by atoms with Crippen molar-refractivity contribution in [2.75, 3.05) is 5.32 Å². The Balaban J connectivity index is 2.77. The van der Waals surface area contributed by atoms with Gasteiger partial charge in [0.15, 0.2) is 0 Å². The van der Waals surface area contributed by atoms with Gasteiger partial charge in [0, 0.05) is 6.92 Å². The first-order valence-electron chi connectivity index (χ1n) is 3.20. The molecule has 0 unspecified atom stereocenters. The molecule has 0 aliphatic heterocycles. The van der Waals surface area contributed by atoms with Crippen LogP contribution < -0.4 is 5.32 Å². The van der Waals surface area contributed by atoms with Crippen molar-refractivity contribution in [3.8, 4) is 0 Å².